The van der Waals surface area contributed by atoms with Gasteiger partial charge in [-0.2, -0.15) is 0 Å². The summed E-state index contributed by atoms with van der Waals surface area (Å²) in [5.41, 5.74) is 0.0123. The van der Waals surface area contributed by atoms with Crippen molar-refractivity contribution < 1.29 is 19.1 Å². The molecule has 0 aliphatic heterocycles. The van der Waals surface area contributed by atoms with Gasteiger partial charge in [0.05, 0.1) is 0 Å². The van der Waals surface area contributed by atoms with Crippen molar-refractivity contribution in [2.24, 2.45) is 0 Å². The molecule has 6 heteroatoms. The maximum absolute atomic E-state index is 10.1. The maximum Gasteiger partial charge on any atom is 0.303 e. The van der Waals surface area contributed by atoms with Crippen LogP contribution in [-0.4, -0.2) is 11.1 Å². The molecule has 13 heavy (non-hydrogen) atoms. The number of carboxylic acids is 1. The van der Waals surface area contributed by atoms with Gasteiger partial charge in [-0.25, -0.2) is 4.68 Å². The molecular formula is C7H11N3O3. The van der Waals surface area contributed by atoms with E-state index < -0.39 is 5.97 Å². The molecule has 2 N–H and O–H groups in total. The number of aliphatic carboxylic acids is 1. The molecule has 1 rings (SSSR count). The van der Waals surface area contributed by atoms with E-state index in [1.54, 1.807) is 0 Å². The number of aromatic nitrogens is 2. The Morgan fingerprint density at radius 1 is 1.69 bits per heavy atom. The molecule has 0 fully saturated rings. The fourth-order valence-corrected chi connectivity index (χ4v) is 0.934. The van der Waals surface area contributed by atoms with E-state index in [4.69, 9.17) is 10.5 Å². The van der Waals surface area contributed by atoms with Gasteiger partial charge in [-0.1, -0.05) is 0 Å². The average molecular weight is 185 g/mol. The summed E-state index contributed by atoms with van der Waals surface area (Å²) in [5.74, 6) is -0.786. The van der Waals surface area contributed by atoms with Crippen molar-refractivity contribution in [1.29, 1.82) is 5.41 Å². The number of unbranched alkanes of at least 4 members (excludes halogenated alkanes) is 1. The summed E-state index contributed by atoms with van der Waals surface area (Å²) in [6.07, 6.45) is 2.97. The summed E-state index contributed by atoms with van der Waals surface area (Å²) >= 11 is 0. The summed E-state index contributed by atoms with van der Waals surface area (Å²) in [6.45, 7) is 0.593. The van der Waals surface area contributed by atoms with E-state index >= 15 is 0 Å². The Hall–Kier alpha value is -1.59. The van der Waals surface area contributed by atoms with E-state index in [-0.39, 0.29) is 12.0 Å². The monoisotopic (exact) mass is 185 g/mol. The second-order valence-electron chi connectivity index (χ2n) is 2.68. The second-order valence-corrected chi connectivity index (χ2v) is 2.68. The quantitative estimate of drug-likeness (QED) is 0.466. The van der Waals surface area contributed by atoms with Crippen molar-refractivity contribution in [2.75, 3.05) is 0 Å². The lowest BCUT2D eigenvalue weighted by molar-refractivity contribution is -0.767. The minimum Gasteiger partial charge on any atom is -0.487 e. The highest BCUT2D eigenvalue weighted by Gasteiger charge is 1.99. The first-order chi connectivity index (χ1) is 6.18. The molecule has 0 unspecified atom stereocenters. The molecular weight excluding hydrogens is 174 g/mol. The topological polar surface area (TPSA) is 92.3 Å². The van der Waals surface area contributed by atoms with Crippen LogP contribution in [0, 0.1) is 5.41 Å². The Morgan fingerprint density at radius 3 is 3.00 bits per heavy atom. The van der Waals surface area contributed by atoms with Crippen LogP contribution in [0.5, 0.6) is 0 Å². The predicted molar refractivity (Wildman–Crippen MR) is 39.6 cm³/mol. The zero-order chi connectivity index (χ0) is 9.68. The van der Waals surface area contributed by atoms with Crippen LogP contribution in [-0.2, 0) is 11.3 Å². The average Bonchev–Trinajstić information content (AvgIpc) is 2.45. The van der Waals surface area contributed by atoms with Crippen molar-refractivity contribution >= 4 is 5.97 Å². The summed E-state index contributed by atoms with van der Waals surface area (Å²) in [7, 11) is 0. The van der Waals surface area contributed by atoms with Crippen LogP contribution in [0.2, 0.25) is 0 Å². The molecule has 0 aliphatic rings. The SMILES string of the molecule is N=c1c[n+](CCCCC(=O)O)[n-]o1. The van der Waals surface area contributed by atoms with Crippen molar-refractivity contribution in [2.45, 2.75) is 25.8 Å². The van der Waals surface area contributed by atoms with Gasteiger partial charge in [0.2, 0.25) is 6.20 Å². The summed E-state index contributed by atoms with van der Waals surface area (Å²) < 4.78 is 6.00. The molecule has 72 valence electrons. The zero-order valence-electron chi connectivity index (χ0n) is 7.06. The van der Waals surface area contributed by atoms with Crippen LogP contribution in [0.1, 0.15) is 19.3 Å². The minimum absolute atomic E-state index is 0.0123. The van der Waals surface area contributed by atoms with Gasteiger partial charge in [0.15, 0.2) is 0 Å². The smallest absolute Gasteiger partial charge is 0.303 e. The van der Waals surface area contributed by atoms with Crippen molar-refractivity contribution in [3.63, 3.8) is 0 Å². The Balaban J connectivity index is 2.20. The fraction of sp³-hybridized carbons (Fsp3) is 0.571. The van der Waals surface area contributed by atoms with Gasteiger partial charge in [0, 0.05) is 12.8 Å². The lowest BCUT2D eigenvalue weighted by atomic mass is 10.2. The minimum atomic E-state index is -0.786. The highest BCUT2D eigenvalue weighted by Crippen LogP contribution is 1.93. The van der Waals surface area contributed by atoms with Crippen LogP contribution in [0.15, 0.2) is 10.7 Å². The second kappa shape index (κ2) is 4.44. The van der Waals surface area contributed by atoms with Gasteiger partial charge < -0.3 is 9.63 Å². The number of hydrogen-bond acceptors (Lipinski definition) is 3. The zero-order valence-corrected chi connectivity index (χ0v) is 7.06. The number of hydrogen-bond donors (Lipinski definition) is 2. The van der Waals surface area contributed by atoms with Gasteiger partial charge >= 0.3 is 5.97 Å². The van der Waals surface area contributed by atoms with E-state index in [1.165, 1.54) is 10.9 Å². The summed E-state index contributed by atoms with van der Waals surface area (Å²) in [5, 5.41) is 18.9. The van der Waals surface area contributed by atoms with E-state index in [2.05, 4.69) is 9.79 Å². The Morgan fingerprint density at radius 2 is 2.46 bits per heavy atom. The van der Waals surface area contributed by atoms with E-state index in [0.717, 1.165) is 6.42 Å². The van der Waals surface area contributed by atoms with Crippen molar-refractivity contribution in [1.82, 2.24) is 5.27 Å². The molecule has 1 aromatic rings. The molecule has 0 radical (unpaired) electrons. The summed E-state index contributed by atoms with van der Waals surface area (Å²) in [6, 6.07) is 0. The standard InChI is InChI=1S/C7H11N3O3/c8-6-5-10(9-13-6)4-2-1-3-7(11)12/h5,8H,1-4H2,(H,11,12). The van der Waals surface area contributed by atoms with Crippen LogP contribution in [0.3, 0.4) is 0 Å². The molecule has 0 bridgehead atoms. The molecule has 0 aromatic carbocycles. The largest absolute Gasteiger partial charge is 0.487 e. The molecule has 0 saturated heterocycles. The van der Waals surface area contributed by atoms with Crippen molar-refractivity contribution in [3.05, 3.63) is 11.8 Å². The first-order valence-electron chi connectivity index (χ1n) is 3.98. The normalized spacial score (nSPS) is 10.2. The molecule has 0 amide bonds. The van der Waals surface area contributed by atoms with Gasteiger partial charge in [0.1, 0.15) is 6.54 Å². The van der Waals surface area contributed by atoms with E-state index in [9.17, 15) is 4.79 Å². The predicted octanol–water partition coefficient (Wildman–Crippen LogP) is -0.741. The Labute approximate surface area is 74.3 Å². The third-order valence-corrected chi connectivity index (χ3v) is 1.54. The van der Waals surface area contributed by atoms with E-state index in [0.29, 0.717) is 13.0 Å². The Bertz CT molecular complexity index is 328. The van der Waals surface area contributed by atoms with Gasteiger partial charge in [0.25, 0.3) is 5.55 Å². The first-order valence-corrected chi connectivity index (χ1v) is 3.98. The van der Waals surface area contributed by atoms with Crippen LogP contribution < -0.4 is 15.5 Å². The van der Waals surface area contributed by atoms with Crippen LogP contribution in [0.4, 0.5) is 0 Å². The lowest BCUT2D eigenvalue weighted by Gasteiger charge is -1.95. The van der Waals surface area contributed by atoms with Crippen molar-refractivity contribution in [3.8, 4) is 0 Å². The number of nitrogens with one attached hydrogen (secondary N) is 1. The number of carbonyl (C=O) groups is 1. The highest BCUT2D eigenvalue weighted by molar-refractivity contribution is 5.66. The number of rotatable bonds is 5. The molecule has 0 aliphatic carbocycles. The molecule has 6 nitrogen and oxygen atoms in total. The Kier molecular flexibility index (Phi) is 3.24. The maximum atomic E-state index is 10.1. The highest BCUT2D eigenvalue weighted by atomic mass is 16.5. The molecule has 0 saturated carbocycles. The number of carboxylic acid groups (broad SMARTS) is 1. The summed E-state index contributed by atoms with van der Waals surface area (Å²) in [4.78, 5) is 10.1. The van der Waals surface area contributed by atoms with Crippen LogP contribution >= 0.6 is 0 Å². The number of aryl methyl sites for hydroxylation is 1. The number of nitrogens with zero attached hydrogens (tertiary/aromatic N) is 2. The van der Waals surface area contributed by atoms with E-state index in [1.807, 2.05) is 0 Å². The molecule has 0 spiro atoms. The third kappa shape index (κ3) is 3.55. The molecule has 1 heterocycles. The molecule has 0 atom stereocenters. The lowest BCUT2D eigenvalue weighted by Crippen LogP contribution is -2.37. The third-order valence-electron chi connectivity index (χ3n) is 1.54. The van der Waals surface area contributed by atoms with Gasteiger partial charge in [-0.3, -0.25) is 15.5 Å². The fourth-order valence-electron chi connectivity index (χ4n) is 0.934. The molecule has 1 aromatic heterocycles. The van der Waals surface area contributed by atoms with Crippen LogP contribution in [0.25, 0.3) is 0 Å². The van der Waals surface area contributed by atoms with Gasteiger partial charge in [-0.05, 0) is 6.42 Å². The first kappa shape index (κ1) is 9.50. The van der Waals surface area contributed by atoms with Gasteiger partial charge in [-0.15, -0.1) is 0 Å².